The van der Waals surface area contributed by atoms with Crippen LogP contribution in [0.25, 0.3) is 10.8 Å². The highest BCUT2D eigenvalue weighted by Gasteiger charge is 2.42. The smallest absolute Gasteiger partial charge is 0.120 e. The fraction of sp³-hybridized carbons (Fsp3) is 0.677. The van der Waals surface area contributed by atoms with E-state index < -0.39 is 0 Å². The number of aryl methyl sites for hydroxylation is 1. The lowest BCUT2D eigenvalue weighted by molar-refractivity contribution is 0.0164. The van der Waals surface area contributed by atoms with Gasteiger partial charge in [0.15, 0.2) is 0 Å². The summed E-state index contributed by atoms with van der Waals surface area (Å²) in [6.07, 6.45) is 15.5. The van der Waals surface area contributed by atoms with Crippen molar-refractivity contribution in [1.82, 2.24) is 0 Å². The Morgan fingerprint density at radius 3 is 1.78 bits per heavy atom. The molecule has 32 heavy (non-hydrogen) atoms. The van der Waals surface area contributed by atoms with Crippen LogP contribution in [0.3, 0.4) is 0 Å². The summed E-state index contributed by atoms with van der Waals surface area (Å²) in [7, 11) is 0. The zero-order chi connectivity index (χ0) is 23.2. The average molecular weight is 437 g/mol. The van der Waals surface area contributed by atoms with Gasteiger partial charge in [0.25, 0.3) is 0 Å². The SMILES string of the molecule is CC.CC12CCC(C)(CC1)CC2.CCc1ccc2cc(OC3CCC(C)CC3)ccc2c1. The summed E-state index contributed by atoms with van der Waals surface area (Å²) in [5.74, 6) is 1.90. The highest BCUT2D eigenvalue weighted by Crippen LogP contribution is 2.56. The number of hydrogen-bond acceptors (Lipinski definition) is 1. The minimum atomic E-state index is 0.415. The second-order valence-electron chi connectivity index (χ2n) is 11.3. The Balaban J connectivity index is 0.000000201. The van der Waals surface area contributed by atoms with E-state index in [1.165, 1.54) is 80.5 Å². The number of fused-ring (bicyclic) bond motifs is 4. The molecule has 2 bridgehead atoms. The van der Waals surface area contributed by atoms with Crippen molar-refractivity contribution in [2.45, 2.75) is 118 Å². The molecule has 4 aliphatic carbocycles. The van der Waals surface area contributed by atoms with Gasteiger partial charge in [0, 0.05) is 0 Å². The lowest BCUT2D eigenvalue weighted by Crippen LogP contribution is -2.37. The molecule has 0 radical (unpaired) electrons. The van der Waals surface area contributed by atoms with Crippen LogP contribution >= 0.6 is 0 Å². The van der Waals surface area contributed by atoms with Gasteiger partial charge in [0.1, 0.15) is 5.75 Å². The second-order valence-corrected chi connectivity index (χ2v) is 11.3. The molecule has 0 aliphatic heterocycles. The first-order valence-electron chi connectivity index (χ1n) is 13.6. The molecule has 2 aromatic rings. The van der Waals surface area contributed by atoms with E-state index in [1.807, 2.05) is 13.8 Å². The molecular weight excluding hydrogens is 388 g/mol. The summed E-state index contributed by atoms with van der Waals surface area (Å²) in [4.78, 5) is 0. The van der Waals surface area contributed by atoms with E-state index in [9.17, 15) is 0 Å². The molecule has 0 spiro atoms. The van der Waals surface area contributed by atoms with E-state index in [-0.39, 0.29) is 0 Å². The van der Waals surface area contributed by atoms with Crippen LogP contribution in [0.4, 0.5) is 0 Å². The van der Waals surface area contributed by atoms with E-state index in [0.29, 0.717) is 6.10 Å². The van der Waals surface area contributed by atoms with Gasteiger partial charge in [-0.05, 0) is 116 Å². The third-order valence-electron chi connectivity index (χ3n) is 8.55. The molecule has 1 heteroatoms. The Morgan fingerprint density at radius 2 is 1.25 bits per heavy atom. The molecule has 0 aromatic heterocycles. The number of hydrogen-bond donors (Lipinski definition) is 0. The Morgan fingerprint density at radius 1 is 0.750 bits per heavy atom. The molecule has 0 N–H and O–H groups in total. The van der Waals surface area contributed by atoms with Crippen molar-refractivity contribution in [2.24, 2.45) is 16.7 Å². The van der Waals surface area contributed by atoms with Crippen molar-refractivity contribution in [2.75, 3.05) is 0 Å². The average Bonchev–Trinajstić information content (AvgIpc) is 2.83. The van der Waals surface area contributed by atoms with Crippen LogP contribution in [0.5, 0.6) is 5.75 Å². The summed E-state index contributed by atoms with van der Waals surface area (Å²) in [6.45, 7) is 13.5. The maximum Gasteiger partial charge on any atom is 0.120 e. The van der Waals surface area contributed by atoms with Crippen molar-refractivity contribution >= 4 is 10.8 Å². The summed E-state index contributed by atoms with van der Waals surface area (Å²) < 4.78 is 6.17. The Labute approximate surface area is 198 Å². The summed E-state index contributed by atoms with van der Waals surface area (Å²) in [5.41, 5.74) is 2.92. The number of rotatable bonds is 3. The lowest BCUT2D eigenvalue weighted by atomic mass is 9.55. The Hall–Kier alpha value is -1.50. The van der Waals surface area contributed by atoms with Gasteiger partial charge in [0.05, 0.1) is 6.10 Å². The van der Waals surface area contributed by atoms with Gasteiger partial charge >= 0.3 is 0 Å². The molecule has 6 rings (SSSR count). The van der Waals surface area contributed by atoms with Crippen LogP contribution in [0, 0.1) is 16.7 Å². The monoisotopic (exact) mass is 436 g/mol. The summed E-state index contributed by atoms with van der Waals surface area (Å²) in [5, 5.41) is 2.60. The topological polar surface area (TPSA) is 9.23 Å². The second kappa shape index (κ2) is 11.1. The van der Waals surface area contributed by atoms with Crippen LogP contribution in [0.15, 0.2) is 36.4 Å². The molecule has 4 fully saturated rings. The molecular formula is C31H48O. The van der Waals surface area contributed by atoms with Crippen molar-refractivity contribution in [3.8, 4) is 5.75 Å². The molecule has 0 atom stereocenters. The molecule has 2 aromatic carbocycles. The van der Waals surface area contributed by atoms with Gasteiger partial charge in [-0.1, -0.05) is 65.8 Å². The van der Waals surface area contributed by atoms with Crippen molar-refractivity contribution in [1.29, 1.82) is 0 Å². The number of benzene rings is 2. The van der Waals surface area contributed by atoms with Crippen LogP contribution in [-0.4, -0.2) is 6.10 Å². The van der Waals surface area contributed by atoms with Gasteiger partial charge in [-0.2, -0.15) is 0 Å². The molecule has 0 unspecified atom stereocenters. The minimum Gasteiger partial charge on any atom is -0.490 e. The molecule has 1 nitrogen and oxygen atoms in total. The van der Waals surface area contributed by atoms with Crippen molar-refractivity contribution in [3.63, 3.8) is 0 Å². The van der Waals surface area contributed by atoms with Crippen molar-refractivity contribution in [3.05, 3.63) is 42.0 Å². The lowest BCUT2D eigenvalue weighted by Gasteiger charge is -2.50. The minimum absolute atomic E-state index is 0.415. The van der Waals surface area contributed by atoms with E-state index in [4.69, 9.17) is 4.74 Å². The molecule has 0 amide bonds. The zero-order valence-electron chi connectivity index (χ0n) is 21.8. The highest BCUT2D eigenvalue weighted by molar-refractivity contribution is 5.84. The van der Waals surface area contributed by atoms with Crippen LogP contribution in [0.1, 0.15) is 111 Å². The number of ether oxygens (including phenoxy) is 1. The standard InChI is InChI=1S/C19H24O.C10H18.C2H6/c1-3-15-6-7-17-13-19(11-8-16(17)12-15)20-18-9-4-14(2)5-10-18;1-9-3-6-10(2,7-4-9)8-5-9;1-2/h6-8,11-14,18H,3-5,9-10H2,1-2H3;3-8H2,1-2H3;1-2H3. The van der Waals surface area contributed by atoms with E-state index in [0.717, 1.165) is 28.9 Å². The van der Waals surface area contributed by atoms with Crippen LogP contribution in [-0.2, 0) is 6.42 Å². The predicted molar refractivity (Wildman–Crippen MR) is 141 cm³/mol. The normalized spacial score (nSPS) is 31.2. The third kappa shape index (κ3) is 6.52. The molecule has 4 aliphatic rings. The first-order valence-corrected chi connectivity index (χ1v) is 13.6. The van der Waals surface area contributed by atoms with E-state index >= 15 is 0 Å². The highest BCUT2D eigenvalue weighted by atomic mass is 16.5. The largest absolute Gasteiger partial charge is 0.490 e. The first kappa shape index (κ1) is 25.1. The van der Waals surface area contributed by atoms with Crippen LogP contribution in [0.2, 0.25) is 0 Å². The quantitative estimate of drug-likeness (QED) is 0.465. The third-order valence-corrected chi connectivity index (χ3v) is 8.55. The first-order chi connectivity index (χ1) is 15.4. The van der Waals surface area contributed by atoms with E-state index in [1.54, 1.807) is 0 Å². The molecule has 4 saturated carbocycles. The van der Waals surface area contributed by atoms with Gasteiger partial charge in [-0.15, -0.1) is 0 Å². The zero-order valence-corrected chi connectivity index (χ0v) is 21.8. The van der Waals surface area contributed by atoms with Gasteiger partial charge in [-0.25, -0.2) is 0 Å². The van der Waals surface area contributed by atoms with E-state index in [2.05, 4.69) is 64.1 Å². The molecule has 178 valence electrons. The maximum atomic E-state index is 6.17. The van der Waals surface area contributed by atoms with Gasteiger partial charge in [0.2, 0.25) is 0 Å². The molecule has 0 heterocycles. The summed E-state index contributed by atoms with van der Waals surface area (Å²) in [6, 6.07) is 13.2. The fourth-order valence-electron chi connectivity index (χ4n) is 5.67. The Kier molecular flexibility index (Phi) is 8.70. The van der Waals surface area contributed by atoms with Crippen molar-refractivity contribution < 1.29 is 4.74 Å². The Bertz CT molecular complexity index is 800. The predicted octanol–water partition coefficient (Wildman–Crippen LogP) is 9.75. The summed E-state index contributed by atoms with van der Waals surface area (Å²) >= 11 is 0. The fourth-order valence-corrected chi connectivity index (χ4v) is 5.67. The van der Waals surface area contributed by atoms with Gasteiger partial charge < -0.3 is 4.74 Å². The maximum absolute atomic E-state index is 6.17. The van der Waals surface area contributed by atoms with Gasteiger partial charge in [-0.3, -0.25) is 0 Å². The van der Waals surface area contributed by atoms with Crippen LogP contribution < -0.4 is 4.74 Å². The molecule has 0 saturated heterocycles.